The molecule has 0 fully saturated rings. The van der Waals surface area contributed by atoms with Crippen LogP contribution in [-0.4, -0.2) is 375 Å². The third kappa shape index (κ3) is 167. The van der Waals surface area contributed by atoms with Gasteiger partial charge in [0, 0.05) is 197 Å². The Morgan fingerprint density at radius 1 is 0.418 bits per heavy atom. The van der Waals surface area contributed by atoms with E-state index < -0.39 is 82.7 Å². The summed E-state index contributed by atoms with van der Waals surface area (Å²) in [7, 11) is 42.1. The number of methoxy groups -OCH3 is 3. The summed E-state index contributed by atoms with van der Waals surface area (Å²) in [6.45, 7) is 4.54. The average Bonchev–Trinajstić information content (AvgIpc) is 0.925. The van der Waals surface area contributed by atoms with Crippen molar-refractivity contribution in [3.05, 3.63) is 0 Å². The van der Waals surface area contributed by atoms with Gasteiger partial charge in [0.2, 0.25) is 11.7 Å². The average molecular weight is 1830 g/mol. The highest BCUT2D eigenvalue weighted by Gasteiger charge is 2.09. The number of hydrogen-bond acceptors (Lipinski definition) is 28. The summed E-state index contributed by atoms with van der Waals surface area (Å²) in [5, 5.41) is 36.9. The molecule has 0 rings (SSSR count). The summed E-state index contributed by atoms with van der Waals surface area (Å²) in [4.78, 5) is 94.3. The van der Waals surface area contributed by atoms with E-state index in [4.69, 9.17) is 24.4 Å². The van der Waals surface area contributed by atoms with E-state index in [1.807, 2.05) is 58.0 Å². The second kappa shape index (κ2) is 109. The van der Waals surface area contributed by atoms with Gasteiger partial charge in [-0.05, 0) is 77.2 Å². The number of thioether (sulfide) groups is 2. The molecule has 0 heterocycles. The summed E-state index contributed by atoms with van der Waals surface area (Å²) in [6.07, 6.45) is 3.27. The van der Waals surface area contributed by atoms with Gasteiger partial charge in [-0.25, -0.2) is 60.2 Å². The van der Waals surface area contributed by atoms with Gasteiger partial charge in [0.05, 0.1) is 33.4 Å². The molecule has 666 valence electrons. The van der Waals surface area contributed by atoms with Crippen LogP contribution in [0.2, 0.25) is 0 Å². The zero-order valence-corrected chi connectivity index (χ0v) is 80.6. The lowest BCUT2D eigenvalue weighted by Crippen LogP contribution is -2.32. The van der Waals surface area contributed by atoms with Crippen LogP contribution in [0, 0.1) is 0 Å². The molecular weight excluding hydrogens is 1700 g/mol. The maximum absolute atomic E-state index is 10.5. The number of nitrogens with zero attached hydrogens (tertiary/aromatic N) is 4. The summed E-state index contributed by atoms with van der Waals surface area (Å²) >= 11 is 23.9. The molecule has 0 saturated carbocycles. The molecule has 0 bridgehead atoms. The number of urea groups is 2. The van der Waals surface area contributed by atoms with Crippen molar-refractivity contribution >= 4 is 215 Å². The molecule has 0 aliphatic rings. The molecule has 0 aromatic rings. The maximum Gasteiger partial charge on any atom is 0.406 e. The third-order valence-electron chi connectivity index (χ3n) is 8.18. The van der Waals surface area contributed by atoms with Crippen molar-refractivity contribution in [3.63, 3.8) is 0 Å². The Balaban J connectivity index is -0.0000000558. The SMILES string of the molecule is CNC(=O)C(=O)OC.CNC(=O)C(C)=O.CNC(=O)N(C)C.CNC(=O)NC.CNC(=O)OC.CNC(=O)SC.CNC(=S)N(C)C.CNC(=S)NC.CNC(=S)OC.CNC(=S)SC.CNC(C)=O.CNC(C)=S.CNS(=O)(=O)N(C)C.CNS(=O)(=O)NC.CNS(=O)(=O)OC.CNS(=O)N(C)C.CNS(=O)NC. The number of nitrogens with one attached hydrogen (secondary N) is 21. The number of ketones is 1. The van der Waals surface area contributed by atoms with Crippen LogP contribution in [0.5, 0.6) is 0 Å². The molecule has 46 nitrogen and oxygen atoms in total. The van der Waals surface area contributed by atoms with Gasteiger partial charge in [0.15, 0.2) is 32.6 Å². The summed E-state index contributed by atoms with van der Waals surface area (Å²) in [5.74, 6) is -2.59. The summed E-state index contributed by atoms with van der Waals surface area (Å²) in [6, 6.07) is -0.227. The Bertz CT molecular complexity index is 2420. The van der Waals surface area contributed by atoms with E-state index in [2.05, 4.69) is 158 Å². The lowest BCUT2D eigenvalue weighted by molar-refractivity contribution is -0.152. The Morgan fingerprint density at radius 2 is 0.809 bits per heavy atom. The minimum absolute atomic E-state index is 0.00463. The van der Waals surface area contributed by atoms with Gasteiger partial charge in [-0.2, -0.15) is 34.3 Å². The lowest BCUT2D eigenvalue weighted by Gasteiger charge is -2.11. The van der Waals surface area contributed by atoms with Crippen LogP contribution >= 0.6 is 84.6 Å². The fraction of sp³-hybridized carbons (Fsp3) is 0.731. The topological polar surface area (TPSA) is 593 Å². The van der Waals surface area contributed by atoms with Crippen LogP contribution < -0.4 is 107 Å². The number of carbonyl (C=O) groups is 9. The highest BCUT2D eigenvalue weighted by atomic mass is 32.2. The van der Waals surface area contributed by atoms with Crippen molar-refractivity contribution < 1.29 is 95.2 Å². The largest absolute Gasteiger partial charge is 0.474 e. The van der Waals surface area contributed by atoms with Crippen molar-refractivity contribution in [3.8, 4) is 0 Å². The summed E-state index contributed by atoms with van der Waals surface area (Å²) < 4.78 is 118. The van der Waals surface area contributed by atoms with E-state index >= 15 is 0 Å². The molecule has 0 aromatic heterocycles. The van der Waals surface area contributed by atoms with E-state index in [1.54, 1.807) is 128 Å². The number of thiocarbonyl (C=S) groups is 5. The molecule has 0 radical (unpaired) electrons. The monoisotopic (exact) mass is 1830 g/mol. The van der Waals surface area contributed by atoms with Crippen LogP contribution in [0.1, 0.15) is 20.8 Å². The van der Waals surface area contributed by atoms with Gasteiger partial charge in [-0.1, -0.05) is 36.2 Å². The van der Waals surface area contributed by atoms with E-state index in [9.17, 15) is 76.8 Å². The number of ether oxygens (including phenoxy) is 3. The standard InChI is InChI=1S/C4H10N2O.C4H10N2S.C4H7NO3.C4H7NO2.C3H10N2O2S.C3H10N2OS.C3H8N2O.C3H8N2S.C3H7NO2.2C3H7NOS.C3H7NO.C3H7NS2.C3H7NS.C2H8N2O2S.C2H8N2OS.C2H7NO3S/c2*1-5-4(7)6(2)3;1-5-3(6)4(7)8-2;1-3(6)4(7)5-2;1-4-8(6,7)5(2)3;1-4-7(6)5(2)3;2*1-4-3(6)5-2;2*1-4-3(5)6-2;1-4-3(6)5-2;1-3(5)4-2;1-4-3(5)6-2;1-3(5)4-2;1-3-7(5,6)4-2;1-3-6(5)4-2;1-3-7(4,5)6-2/h2*1-3H3,(H,5,7);1-2H3,(H,5,6);1-2H3,(H,5,7);4H,1-3H3;4H,1-3H3;2*1-2H3,(H2,4,5,6);2*1-2H3,(H,4,5);1-2H3,(H,4,6);1-2H3,(H,4,5);1-2H3,(H,4,5);1-2H3,(H,4,5);3-4H,1-2H3;3-4H,1-2H3;3H,1-2H3. The molecule has 0 aliphatic heterocycles. The maximum atomic E-state index is 10.5. The van der Waals surface area contributed by atoms with E-state index in [0.29, 0.717) is 10.3 Å². The smallest absolute Gasteiger partial charge is 0.406 e. The van der Waals surface area contributed by atoms with Gasteiger partial charge < -0.3 is 98.4 Å². The van der Waals surface area contributed by atoms with Crippen LogP contribution in [0.4, 0.5) is 19.2 Å². The number of esters is 1. The van der Waals surface area contributed by atoms with Crippen LogP contribution in [0.3, 0.4) is 0 Å². The normalized spacial score (nSPS) is 8.92. The number of amides is 9. The number of likely N-dealkylation sites (N-methyl/N-ethyl adjacent to an activating group) is 2. The van der Waals surface area contributed by atoms with Gasteiger partial charge in [0.1, 0.15) is 4.32 Å². The Hall–Kier alpha value is -5.87. The van der Waals surface area contributed by atoms with Gasteiger partial charge in [-0.3, -0.25) is 28.2 Å². The molecule has 58 heteroatoms. The first-order chi connectivity index (χ1) is 50.4. The highest BCUT2D eigenvalue weighted by Crippen LogP contribution is 1.90. The fourth-order valence-electron chi connectivity index (χ4n) is 2.13. The lowest BCUT2D eigenvalue weighted by atomic mass is 10.4. The zero-order valence-electron chi connectivity index (χ0n) is 70.8. The number of rotatable bonds is 11. The second-order valence-corrected chi connectivity index (χ2v) is 29.1. The first-order valence-electron chi connectivity index (χ1n) is 29.6. The van der Waals surface area contributed by atoms with Crippen LogP contribution in [0.15, 0.2) is 0 Å². The van der Waals surface area contributed by atoms with Crippen molar-refractivity contribution in [2.24, 2.45) is 0 Å². The molecule has 21 N–H and O–H groups in total. The molecule has 1 atom stereocenters. The van der Waals surface area contributed by atoms with Gasteiger partial charge in [0.25, 0.3) is 36.7 Å². The zero-order chi connectivity index (χ0) is 92.1. The minimum Gasteiger partial charge on any atom is -0.474 e. The molecule has 0 aliphatic carbocycles. The molecule has 0 spiro atoms. The third-order valence-corrected chi connectivity index (χ3v) is 16.8. The fourth-order valence-corrected chi connectivity index (χ4v) is 3.84. The highest BCUT2D eigenvalue weighted by molar-refractivity contribution is 8.22. The quantitative estimate of drug-likeness (QED) is 0.0521. The van der Waals surface area contributed by atoms with E-state index in [0.717, 1.165) is 32.9 Å². The predicted octanol–water partition coefficient (Wildman–Crippen LogP) is -5.49. The van der Waals surface area contributed by atoms with Crippen molar-refractivity contribution in [2.75, 3.05) is 245 Å². The Labute approximate surface area is 697 Å². The number of carbonyl (C=O) groups excluding carboxylic acids is 9. The van der Waals surface area contributed by atoms with Gasteiger partial charge >= 0.3 is 40.3 Å². The molecule has 0 saturated heterocycles. The van der Waals surface area contributed by atoms with Crippen molar-refractivity contribution in [1.29, 1.82) is 0 Å². The molecule has 110 heavy (non-hydrogen) atoms. The van der Waals surface area contributed by atoms with Crippen LogP contribution in [-0.2, 0) is 95.4 Å². The number of hydrogen-bond donors (Lipinski definition) is 21. The van der Waals surface area contributed by atoms with Crippen molar-refractivity contribution in [2.45, 2.75) is 20.8 Å². The second-order valence-electron chi connectivity index (χ2n) is 16.5. The van der Waals surface area contributed by atoms with E-state index in [-0.39, 0.29) is 23.2 Å². The molecule has 1 unspecified atom stereocenters. The van der Waals surface area contributed by atoms with Crippen molar-refractivity contribution in [1.82, 2.24) is 126 Å². The number of alkyl carbamates (subject to hydrolysis) is 1. The minimum atomic E-state index is -3.41. The first kappa shape index (κ1) is 146. The van der Waals surface area contributed by atoms with E-state index in [1.165, 1.54) is 108 Å². The number of Topliss-reactive ketones (excluding diaryl/α,β-unsaturated/α-hetero) is 1. The molecule has 0 aromatic carbocycles. The van der Waals surface area contributed by atoms with Crippen LogP contribution in [0.25, 0.3) is 0 Å². The molecule has 9 amide bonds. The Morgan fingerprint density at radius 3 is 0.818 bits per heavy atom. The van der Waals surface area contributed by atoms with Gasteiger partial charge in [-0.15, -0.1) is 11.8 Å². The predicted molar refractivity (Wildman–Crippen MR) is 470 cm³/mol. The summed E-state index contributed by atoms with van der Waals surface area (Å²) in [5.41, 5.74) is 0. The Kier molecular flexibility index (Phi) is 145. The molecular formula is C52H135N25O21S12. The first-order valence-corrected chi connectivity index (χ1v) is 40.7.